The normalized spacial score (nSPS) is 22.8. The van der Waals surface area contributed by atoms with Crippen LogP contribution < -0.4 is 10.6 Å². The number of likely N-dealkylation sites (tertiary alicyclic amines) is 1. The Morgan fingerprint density at radius 1 is 0.966 bits per heavy atom. The van der Waals surface area contributed by atoms with E-state index >= 15 is 0 Å². The number of amides is 1. The van der Waals surface area contributed by atoms with Crippen LogP contribution in [-0.2, 0) is 4.79 Å². The van der Waals surface area contributed by atoms with Gasteiger partial charge in [-0.25, -0.2) is 4.39 Å². The number of hydrogen-bond acceptors (Lipinski definition) is 4. The Balaban J connectivity index is 1.23. The molecule has 2 aromatic rings. The summed E-state index contributed by atoms with van der Waals surface area (Å²) in [5, 5.41) is 0. The second kappa shape index (κ2) is 8.93. The fourth-order valence-corrected chi connectivity index (χ4v) is 4.43. The minimum atomic E-state index is -0.223. The van der Waals surface area contributed by atoms with Crippen molar-refractivity contribution in [3.8, 4) is 0 Å². The minimum absolute atomic E-state index is 0.117. The molecule has 0 aromatic heterocycles. The maximum Gasteiger partial charge on any atom is 0.223 e. The van der Waals surface area contributed by atoms with Crippen LogP contribution in [-0.4, -0.2) is 67.6 Å². The topological polar surface area (TPSA) is 52.8 Å². The van der Waals surface area contributed by atoms with Crippen LogP contribution in [0, 0.1) is 5.82 Å². The van der Waals surface area contributed by atoms with Crippen molar-refractivity contribution in [1.82, 2.24) is 9.80 Å². The summed E-state index contributed by atoms with van der Waals surface area (Å²) >= 11 is 0. The number of carbonyl (C=O) groups is 1. The Labute approximate surface area is 171 Å². The van der Waals surface area contributed by atoms with Crippen molar-refractivity contribution in [2.45, 2.75) is 18.4 Å². The van der Waals surface area contributed by atoms with Gasteiger partial charge in [-0.3, -0.25) is 4.79 Å². The summed E-state index contributed by atoms with van der Waals surface area (Å²) in [6, 6.07) is 17.1. The lowest BCUT2D eigenvalue weighted by Crippen LogP contribution is -2.49. The van der Waals surface area contributed by atoms with Gasteiger partial charge in [-0.05, 0) is 29.8 Å². The van der Waals surface area contributed by atoms with Crippen LogP contribution >= 0.6 is 0 Å². The monoisotopic (exact) mass is 396 g/mol. The van der Waals surface area contributed by atoms with Gasteiger partial charge in [0.2, 0.25) is 5.91 Å². The van der Waals surface area contributed by atoms with Crippen LogP contribution in [0.1, 0.15) is 17.9 Å². The summed E-state index contributed by atoms with van der Waals surface area (Å²) < 4.78 is 13.1. The molecule has 0 radical (unpaired) electrons. The van der Waals surface area contributed by atoms with E-state index in [1.807, 2.05) is 11.0 Å². The van der Waals surface area contributed by atoms with Crippen LogP contribution in [0.4, 0.5) is 10.1 Å². The molecule has 2 aliphatic rings. The van der Waals surface area contributed by atoms with Gasteiger partial charge < -0.3 is 20.4 Å². The zero-order chi connectivity index (χ0) is 20.2. The first-order valence-corrected chi connectivity index (χ1v) is 10.4. The lowest BCUT2D eigenvalue weighted by Gasteiger charge is -2.36. The largest absolute Gasteiger partial charge is 0.368 e. The van der Waals surface area contributed by atoms with Crippen molar-refractivity contribution in [2.75, 3.05) is 50.7 Å². The zero-order valence-electron chi connectivity index (χ0n) is 16.7. The Kier molecular flexibility index (Phi) is 6.11. The third-order valence-electron chi connectivity index (χ3n) is 6.13. The van der Waals surface area contributed by atoms with Gasteiger partial charge in [0, 0.05) is 69.9 Å². The first-order valence-electron chi connectivity index (χ1n) is 10.4. The van der Waals surface area contributed by atoms with Crippen LogP contribution in [0.15, 0.2) is 54.6 Å². The molecule has 4 rings (SSSR count). The fourth-order valence-electron chi connectivity index (χ4n) is 4.43. The molecule has 5 nitrogen and oxygen atoms in total. The number of halogens is 1. The summed E-state index contributed by atoms with van der Waals surface area (Å²) in [5.41, 5.74) is 8.66. The van der Waals surface area contributed by atoms with Crippen molar-refractivity contribution in [3.63, 3.8) is 0 Å². The molecular formula is C23H29FN4O. The lowest BCUT2D eigenvalue weighted by atomic mass is 9.95. The first-order chi connectivity index (χ1) is 14.1. The maximum atomic E-state index is 13.1. The summed E-state index contributed by atoms with van der Waals surface area (Å²) in [6.07, 6.45) is 0.533. The number of hydrogen-bond donors (Lipinski definition) is 1. The lowest BCUT2D eigenvalue weighted by molar-refractivity contribution is -0.131. The average Bonchev–Trinajstić information content (AvgIpc) is 3.14. The molecule has 0 unspecified atom stereocenters. The van der Waals surface area contributed by atoms with Gasteiger partial charge >= 0.3 is 0 Å². The highest BCUT2D eigenvalue weighted by molar-refractivity contribution is 5.76. The number of nitrogens with zero attached hydrogens (tertiary/aromatic N) is 3. The average molecular weight is 397 g/mol. The Bertz CT molecular complexity index is 805. The number of rotatable bonds is 5. The van der Waals surface area contributed by atoms with Gasteiger partial charge in [0.15, 0.2) is 0 Å². The Morgan fingerprint density at radius 2 is 1.66 bits per heavy atom. The third kappa shape index (κ3) is 4.77. The minimum Gasteiger partial charge on any atom is -0.368 e. The highest BCUT2D eigenvalue weighted by Crippen LogP contribution is 2.26. The van der Waals surface area contributed by atoms with E-state index in [2.05, 4.69) is 34.1 Å². The van der Waals surface area contributed by atoms with E-state index in [0.717, 1.165) is 38.4 Å². The van der Waals surface area contributed by atoms with Crippen molar-refractivity contribution in [2.24, 2.45) is 5.73 Å². The number of benzene rings is 2. The molecule has 0 spiro atoms. The van der Waals surface area contributed by atoms with Gasteiger partial charge in [0.05, 0.1) is 0 Å². The van der Waals surface area contributed by atoms with Crippen LogP contribution in [0.25, 0.3) is 0 Å². The fraction of sp³-hybridized carbons (Fsp3) is 0.435. The summed E-state index contributed by atoms with van der Waals surface area (Å²) in [4.78, 5) is 19.1. The summed E-state index contributed by atoms with van der Waals surface area (Å²) in [5.74, 6) is 0.324. The van der Waals surface area contributed by atoms with E-state index in [9.17, 15) is 9.18 Å². The van der Waals surface area contributed by atoms with E-state index in [-0.39, 0.29) is 17.8 Å². The predicted molar refractivity (Wildman–Crippen MR) is 113 cm³/mol. The molecule has 0 bridgehead atoms. The van der Waals surface area contributed by atoms with E-state index < -0.39 is 0 Å². The molecule has 154 valence electrons. The number of carbonyl (C=O) groups excluding carboxylic acids is 1. The van der Waals surface area contributed by atoms with Crippen molar-refractivity contribution < 1.29 is 9.18 Å². The predicted octanol–water partition coefficient (Wildman–Crippen LogP) is 2.29. The molecule has 1 amide bonds. The number of piperazine rings is 1. The molecular weight excluding hydrogens is 367 g/mol. The van der Waals surface area contributed by atoms with Crippen LogP contribution in [0.2, 0.25) is 0 Å². The molecule has 2 atom stereocenters. The zero-order valence-corrected chi connectivity index (χ0v) is 16.7. The van der Waals surface area contributed by atoms with E-state index in [4.69, 9.17) is 5.73 Å². The quantitative estimate of drug-likeness (QED) is 0.843. The van der Waals surface area contributed by atoms with Gasteiger partial charge in [0.1, 0.15) is 5.82 Å². The van der Waals surface area contributed by atoms with Crippen molar-refractivity contribution >= 4 is 11.6 Å². The van der Waals surface area contributed by atoms with Gasteiger partial charge in [0.25, 0.3) is 0 Å². The molecule has 0 aliphatic carbocycles. The molecule has 2 N–H and O–H groups in total. The molecule has 2 aliphatic heterocycles. The van der Waals surface area contributed by atoms with Crippen LogP contribution in [0.3, 0.4) is 0 Å². The molecule has 0 saturated carbocycles. The molecule has 2 saturated heterocycles. The molecule has 29 heavy (non-hydrogen) atoms. The van der Waals surface area contributed by atoms with E-state index in [0.29, 0.717) is 25.4 Å². The van der Waals surface area contributed by atoms with E-state index in [1.165, 1.54) is 17.7 Å². The number of nitrogens with two attached hydrogens (primary N) is 1. The van der Waals surface area contributed by atoms with Gasteiger partial charge in [-0.1, -0.05) is 30.3 Å². The summed E-state index contributed by atoms with van der Waals surface area (Å²) in [7, 11) is 0. The van der Waals surface area contributed by atoms with Gasteiger partial charge in [-0.15, -0.1) is 0 Å². The highest BCUT2D eigenvalue weighted by Gasteiger charge is 2.31. The van der Waals surface area contributed by atoms with E-state index in [1.54, 1.807) is 12.1 Å². The third-order valence-corrected chi connectivity index (χ3v) is 6.13. The SMILES string of the molecule is N[C@@H]1CN(CCC(=O)N2CCN(c3ccc(F)cc3)CC2)C[C@H]1c1ccccc1. The number of anilines is 1. The molecule has 2 aromatic carbocycles. The summed E-state index contributed by atoms with van der Waals surface area (Å²) in [6.45, 7) is 5.49. The smallest absolute Gasteiger partial charge is 0.223 e. The Hall–Kier alpha value is -2.44. The highest BCUT2D eigenvalue weighted by atomic mass is 19.1. The second-order valence-corrected chi connectivity index (χ2v) is 8.03. The van der Waals surface area contributed by atoms with Crippen LogP contribution in [0.5, 0.6) is 0 Å². The second-order valence-electron chi connectivity index (χ2n) is 8.03. The van der Waals surface area contributed by atoms with Crippen molar-refractivity contribution in [1.29, 1.82) is 0 Å². The maximum absolute atomic E-state index is 13.1. The molecule has 2 fully saturated rings. The standard InChI is InChI=1S/C23H29FN4O/c24-19-6-8-20(9-7-19)27-12-14-28(15-13-27)23(29)10-11-26-16-21(22(25)17-26)18-4-2-1-3-5-18/h1-9,21-22H,10-17,25H2/t21-,22+/m0/s1. The molecule has 2 heterocycles. The first kappa shape index (κ1) is 19.9. The Morgan fingerprint density at radius 3 is 2.34 bits per heavy atom. The van der Waals surface area contributed by atoms with Gasteiger partial charge in [-0.2, -0.15) is 0 Å². The molecule has 6 heteroatoms. The van der Waals surface area contributed by atoms with Crippen molar-refractivity contribution in [3.05, 3.63) is 66.0 Å².